The lowest BCUT2D eigenvalue weighted by atomic mass is 10.1. The fourth-order valence-corrected chi connectivity index (χ4v) is 2.33. The SMILES string of the molecule is CNC(=O)CCNc1ccc(Br)c2ccccc12. The molecule has 0 aliphatic heterocycles. The van der Waals surface area contributed by atoms with Crippen molar-refractivity contribution in [3.05, 3.63) is 40.9 Å². The Bertz CT molecular complexity index is 569. The molecule has 0 aliphatic carbocycles. The van der Waals surface area contributed by atoms with Crippen LogP contribution in [0.2, 0.25) is 0 Å². The smallest absolute Gasteiger partial charge is 0.221 e. The molecule has 0 aromatic heterocycles. The van der Waals surface area contributed by atoms with Gasteiger partial charge in [0, 0.05) is 35.6 Å². The van der Waals surface area contributed by atoms with Gasteiger partial charge in [-0.05, 0) is 17.5 Å². The molecule has 0 atom stereocenters. The van der Waals surface area contributed by atoms with Crippen molar-refractivity contribution in [2.24, 2.45) is 0 Å². The molecule has 0 fully saturated rings. The van der Waals surface area contributed by atoms with E-state index in [1.54, 1.807) is 7.05 Å². The van der Waals surface area contributed by atoms with E-state index < -0.39 is 0 Å². The van der Waals surface area contributed by atoms with E-state index in [1.165, 1.54) is 5.39 Å². The first-order valence-electron chi connectivity index (χ1n) is 5.84. The predicted octanol–water partition coefficient (Wildman–Crippen LogP) is 3.15. The Balaban J connectivity index is 2.18. The molecule has 0 spiro atoms. The summed E-state index contributed by atoms with van der Waals surface area (Å²) in [6, 6.07) is 12.2. The summed E-state index contributed by atoms with van der Waals surface area (Å²) < 4.78 is 1.08. The van der Waals surface area contributed by atoms with Gasteiger partial charge in [-0.25, -0.2) is 0 Å². The Kier molecular flexibility index (Phi) is 4.20. The highest BCUT2D eigenvalue weighted by atomic mass is 79.9. The van der Waals surface area contributed by atoms with Gasteiger partial charge >= 0.3 is 0 Å². The van der Waals surface area contributed by atoms with Gasteiger partial charge in [-0.1, -0.05) is 40.2 Å². The number of hydrogen-bond donors (Lipinski definition) is 2. The molecule has 0 heterocycles. The van der Waals surface area contributed by atoms with Crippen LogP contribution in [-0.2, 0) is 4.79 Å². The van der Waals surface area contributed by atoms with Crippen LogP contribution in [0.3, 0.4) is 0 Å². The maximum Gasteiger partial charge on any atom is 0.221 e. The molecule has 0 saturated carbocycles. The molecule has 0 bridgehead atoms. The molecule has 1 amide bonds. The van der Waals surface area contributed by atoms with E-state index >= 15 is 0 Å². The Morgan fingerprint density at radius 1 is 1.17 bits per heavy atom. The molecule has 0 aliphatic rings. The summed E-state index contributed by atoms with van der Waals surface area (Å²) in [6.45, 7) is 0.630. The summed E-state index contributed by atoms with van der Waals surface area (Å²) in [6.07, 6.45) is 0.473. The van der Waals surface area contributed by atoms with Gasteiger partial charge in [0.2, 0.25) is 5.91 Å². The molecular formula is C14H15BrN2O. The van der Waals surface area contributed by atoms with Crippen molar-refractivity contribution in [3.8, 4) is 0 Å². The maximum absolute atomic E-state index is 11.2. The molecule has 2 aromatic rings. The lowest BCUT2D eigenvalue weighted by Gasteiger charge is -2.10. The average Bonchev–Trinajstić information content (AvgIpc) is 2.41. The minimum absolute atomic E-state index is 0.0453. The number of fused-ring (bicyclic) bond motifs is 1. The fourth-order valence-electron chi connectivity index (χ4n) is 1.85. The van der Waals surface area contributed by atoms with E-state index in [-0.39, 0.29) is 5.91 Å². The molecule has 2 rings (SSSR count). The van der Waals surface area contributed by atoms with Crippen LogP contribution in [0.4, 0.5) is 5.69 Å². The topological polar surface area (TPSA) is 41.1 Å². The summed E-state index contributed by atoms with van der Waals surface area (Å²) in [5, 5.41) is 8.23. The van der Waals surface area contributed by atoms with Crippen molar-refractivity contribution >= 4 is 38.3 Å². The second-order valence-corrected chi connectivity index (χ2v) is 4.84. The van der Waals surface area contributed by atoms with Crippen LogP contribution in [0.25, 0.3) is 10.8 Å². The Labute approximate surface area is 115 Å². The van der Waals surface area contributed by atoms with Crippen molar-refractivity contribution in [1.82, 2.24) is 5.32 Å². The van der Waals surface area contributed by atoms with Crippen molar-refractivity contribution in [1.29, 1.82) is 0 Å². The van der Waals surface area contributed by atoms with Crippen molar-refractivity contribution in [2.75, 3.05) is 18.9 Å². The van der Waals surface area contributed by atoms with Crippen LogP contribution in [0, 0.1) is 0 Å². The van der Waals surface area contributed by atoms with Gasteiger partial charge in [0.05, 0.1) is 0 Å². The third-order valence-corrected chi connectivity index (χ3v) is 3.51. The molecular weight excluding hydrogens is 292 g/mol. The van der Waals surface area contributed by atoms with Crippen molar-refractivity contribution < 1.29 is 4.79 Å². The summed E-state index contributed by atoms with van der Waals surface area (Å²) in [4.78, 5) is 11.2. The number of benzene rings is 2. The summed E-state index contributed by atoms with van der Waals surface area (Å²) >= 11 is 3.54. The molecule has 3 nitrogen and oxygen atoms in total. The Hall–Kier alpha value is -1.55. The number of amides is 1. The minimum atomic E-state index is 0.0453. The number of halogens is 1. The van der Waals surface area contributed by atoms with Crippen molar-refractivity contribution in [2.45, 2.75) is 6.42 Å². The molecule has 2 aromatic carbocycles. The molecule has 0 unspecified atom stereocenters. The van der Waals surface area contributed by atoms with E-state index in [9.17, 15) is 4.79 Å². The summed E-state index contributed by atoms with van der Waals surface area (Å²) in [5.74, 6) is 0.0453. The summed E-state index contributed by atoms with van der Waals surface area (Å²) in [7, 11) is 1.65. The van der Waals surface area contributed by atoms with Crippen LogP contribution >= 0.6 is 15.9 Å². The van der Waals surface area contributed by atoms with Crippen LogP contribution in [0.15, 0.2) is 40.9 Å². The van der Waals surface area contributed by atoms with Crippen LogP contribution < -0.4 is 10.6 Å². The molecule has 2 N–H and O–H groups in total. The van der Waals surface area contributed by atoms with Crippen LogP contribution in [-0.4, -0.2) is 19.5 Å². The normalized spacial score (nSPS) is 10.3. The third-order valence-electron chi connectivity index (χ3n) is 2.82. The predicted molar refractivity (Wildman–Crippen MR) is 78.8 cm³/mol. The number of hydrogen-bond acceptors (Lipinski definition) is 2. The largest absolute Gasteiger partial charge is 0.384 e. The number of carbonyl (C=O) groups is 1. The van der Waals surface area contributed by atoms with Crippen molar-refractivity contribution in [3.63, 3.8) is 0 Å². The Morgan fingerprint density at radius 2 is 1.89 bits per heavy atom. The zero-order chi connectivity index (χ0) is 13.0. The second-order valence-electron chi connectivity index (χ2n) is 3.99. The first kappa shape index (κ1) is 12.9. The zero-order valence-electron chi connectivity index (χ0n) is 10.2. The standard InChI is InChI=1S/C14H15BrN2O/c1-16-14(18)8-9-17-13-7-6-12(15)10-4-2-3-5-11(10)13/h2-7,17H,8-9H2,1H3,(H,16,18). The molecule has 18 heavy (non-hydrogen) atoms. The number of carbonyl (C=O) groups excluding carboxylic acids is 1. The molecule has 94 valence electrons. The van der Waals surface area contributed by atoms with E-state index in [0.29, 0.717) is 13.0 Å². The van der Waals surface area contributed by atoms with Gasteiger partial charge < -0.3 is 10.6 Å². The van der Waals surface area contributed by atoms with E-state index in [2.05, 4.69) is 38.7 Å². The first-order valence-corrected chi connectivity index (χ1v) is 6.63. The van der Waals surface area contributed by atoms with E-state index in [0.717, 1.165) is 15.5 Å². The quantitative estimate of drug-likeness (QED) is 0.911. The zero-order valence-corrected chi connectivity index (χ0v) is 11.8. The number of nitrogens with one attached hydrogen (secondary N) is 2. The van der Waals surface area contributed by atoms with Crippen LogP contribution in [0.1, 0.15) is 6.42 Å². The van der Waals surface area contributed by atoms with E-state index in [1.807, 2.05) is 24.3 Å². The highest BCUT2D eigenvalue weighted by Crippen LogP contribution is 2.29. The highest BCUT2D eigenvalue weighted by Gasteiger charge is 2.04. The van der Waals surface area contributed by atoms with E-state index in [4.69, 9.17) is 0 Å². The third kappa shape index (κ3) is 2.82. The fraction of sp³-hybridized carbons (Fsp3) is 0.214. The lowest BCUT2D eigenvalue weighted by Crippen LogP contribution is -2.20. The van der Waals surface area contributed by atoms with Gasteiger partial charge in [0.15, 0.2) is 0 Å². The molecule has 0 radical (unpaired) electrons. The number of rotatable bonds is 4. The second kappa shape index (κ2) is 5.87. The Morgan fingerprint density at radius 3 is 2.61 bits per heavy atom. The molecule has 0 saturated heterocycles. The van der Waals surface area contributed by atoms with Gasteiger partial charge in [-0.15, -0.1) is 0 Å². The molecule has 4 heteroatoms. The average molecular weight is 307 g/mol. The summed E-state index contributed by atoms with van der Waals surface area (Å²) in [5.41, 5.74) is 1.05. The monoisotopic (exact) mass is 306 g/mol. The maximum atomic E-state index is 11.2. The minimum Gasteiger partial charge on any atom is -0.384 e. The van der Waals surface area contributed by atoms with Gasteiger partial charge in [0.1, 0.15) is 0 Å². The van der Waals surface area contributed by atoms with Gasteiger partial charge in [-0.2, -0.15) is 0 Å². The first-order chi connectivity index (χ1) is 8.72. The highest BCUT2D eigenvalue weighted by molar-refractivity contribution is 9.10. The van der Waals surface area contributed by atoms with Gasteiger partial charge in [0.25, 0.3) is 0 Å². The van der Waals surface area contributed by atoms with Crippen LogP contribution in [0.5, 0.6) is 0 Å². The number of anilines is 1. The lowest BCUT2D eigenvalue weighted by molar-refractivity contribution is -0.120. The van der Waals surface area contributed by atoms with Gasteiger partial charge in [-0.3, -0.25) is 4.79 Å².